The summed E-state index contributed by atoms with van der Waals surface area (Å²) in [6.45, 7) is 5.91. The van der Waals surface area contributed by atoms with E-state index in [4.69, 9.17) is 4.74 Å². The van der Waals surface area contributed by atoms with E-state index in [2.05, 4.69) is 11.8 Å². The van der Waals surface area contributed by atoms with Crippen molar-refractivity contribution < 1.29 is 14.6 Å². The molecular weight excluding hydrogens is 278 g/mol. The van der Waals surface area contributed by atoms with Gasteiger partial charge in [0.05, 0.1) is 6.10 Å². The minimum absolute atomic E-state index is 0.00120. The molecule has 4 heteroatoms. The molecule has 2 heterocycles. The van der Waals surface area contributed by atoms with E-state index in [9.17, 15) is 9.90 Å². The lowest BCUT2D eigenvalue weighted by molar-refractivity contribution is -0.203. The number of esters is 1. The Morgan fingerprint density at radius 1 is 1.23 bits per heavy atom. The number of ether oxygens (including phenoxy) is 1. The first-order chi connectivity index (χ1) is 10.5. The molecule has 3 saturated carbocycles. The Balaban J connectivity index is 1.61. The van der Waals surface area contributed by atoms with E-state index < -0.39 is 0 Å². The monoisotopic (exact) mass is 305 g/mol. The van der Waals surface area contributed by atoms with Gasteiger partial charge < -0.3 is 9.84 Å². The SMILES string of the molecule is CC(=O)O[C@@H]1CN2C[C@@H]3C[C@H]4[C@@H]5C[C@H](C)C[C@@]42[C@@]3(C1)[C@H](O)C5. The molecule has 2 saturated heterocycles. The number of hydrogen-bond donors (Lipinski definition) is 1. The van der Waals surface area contributed by atoms with Crippen LogP contribution >= 0.6 is 0 Å². The number of aliphatic hydroxyl groups is 1. The lowest BCUT2D eigenvalue weighted by atomic mass is 9.48. The normalized spacial score (nSPS) is 61.1. The van der Waals surface area contributed by atoms with Gasteiger partial charge in [0.25, 0.3) is 0 Å². The van der Waals surface area contributed by atoms with Crippen LogP contribution < -0.4 is 0 Å². The van der Waals surface area contributed by atoms with E-state index in [-0.39, 0.29) is 29.1 Å². The molecule has 1 spiro atoms. The zero-order valence-corrected chi connectivity index (χ0v) is 13.6. The fourth-order valence-electron chi connectivity index (χ4n) is 7.99. The maximum Gasteiger partial charge on any atom is 0.302 e. The van der Waals surface area contributed by atoms with Gasteiger partial charge in [0.2, 0.25) is 0 Å². The molecule has 0 amide bonds. The number of piperidine rings is 2. The van der Waals surface area contributed by atoms with Crippen LogP contribution in [0.3, 0.4) is 0 Å². The van der Waals surface area contributed by atoms with Crippen LogP contribution in [0.2, 0.25) is 0 Å². The number of nitrogens with zero attached hydrogens (tertiary/aromatic N) is 1. The number of hydrogen-bond acceptors (Lipinski definition) is 4. The van der Waals surface area contributed by atoms with Crippen LogP contribution in [0.15, 0.2) is 0 Å². The number of carbonyl (C=O) groups is 1. The van der Waals surface area contributed by atoms with Gasteiger partial charge in [0, 0.05) is 31.0 Å². The Bertz CT molecular complexity index is 536. The van der Waals surface area contributed by atoms with Crippen molar-refractivity contribution in [3.8, 4) is 0 Å². The van der Waals surface area contributed by atoms with Gasteiger partial charge in [-0.15, -0.1) is 0 Å². The summed E-state index contributed by atoms with van der Waals surface area (Å²) in [5, 5.41) is 11.2. The summed E-state index contributed by atoms with van der Waals surface area (Å²) in [5.41, 5.74) is 0.218. The van der Waals surface area contributed by atoms with Crippen LogP contribution in [-0.2, 0) is 9.53 Å². The molecule has 0 aromatic heterocycles. The molecule has 6 bridgehead atoms. The maximum atomic E-state index is 11.4. The molecule has 2 aliphatic heterocycles. The average molecular weight is 305 g/mol. The van der Waals surface area contributed by atoms with Crippen LogP contribution in [0.5, 0.6) is 0 Å². The zero-order chi connectivity index (χ0) is 15.3. The third-order valence-corrected chi connectivity index (χ3v) is 8.07. The average Bonchev–Trinajstić information content (AvgIpc) is 2.70. The van der Waals surface area contributed by atoms with E-state index in [0.29, 0.717) is 11.8 Å². The lowest BCUT2D eigenvalue weighted by Crippen LogP contribution is -2.71. The summed E-state index contributed by atoms with van der Waals surface area (Å²) in [6.07, 6.45) is 5.51. The van der Waals surface area contributed by atoms with Crippen LogP contribution in [-0.4, -0.2) is 46.8 Å². The highest BCUT2D eigenvalue weighted by Gasteiger charge is 2.80. The molecule has 4 nitrogen and oxygen atoms in total. The van der Waals surface area contributed by atoms with Crippen molar-refractivity contribution in [1.82, 2.24) is 4.90 Å². The first-order valence-corrected chi connectivity index (χ1v) is 9.07. The van der Waals surface area contributed by atoms with Gasteiger partial charge in [-0.3, -0.25) is 9.69 Å². The second-order valence-corrected chi connectivity index (χ2v) is 8.90. The Kier molecular flexibility index (Phi) is 2.55. The molecule has 0 radical (unpaired) electrons. The largest absolute Gasteiger partial charge is 0.461 e. The summed E-state index contributed by atoms with van der Waals surface area (Å²) in [5.74, 6) is 2.70. The summed E-state index contributed by atoms with van der Waals surface area (Å²) < 4.78 is 5.60. The molecule has 5 aliphatic rings. The van der Waals surface area contributed by atoms with Gasteiger partial charge in [0.15, 0.2) is 0 Å². The summed E-state index contributed by atoms with van der Waals surface area (Å²) in [7, 11) is 0. The highest BCUT2D eigenvalue weighted by atomic mass is 16.5. The van der Waals surface area contributed by atoms with Crippen molar-refractivity contribution in [1.29, 1.82) is 0 Å². The van der Waals surface area contributed by atoms with Gasteiger partial charge in [-0.05, 0) is 55.8 Å². The molecule has 22 heavy (non-hydrogen) atoms. The van der Waals surface area contributed by atoms with Gasteiger partial charge in [0.1, 0.15) is 6.10 Å². The molecular formula is C18H27NO3. The highest BCUT2D eigenvalue weighted by Crippen LogP contribution is 2.76. The van der Waals surface area contributed by atoms with Crippen molar-refractivity contribution in [3.05, 3.63) is 0 Å². The predicted octanol–water partition coefficient (Wildman–Crippen LogP) is 1.81. The first kappa shape index (κ1) is 13.8. The zero-order valence-electron chi connectivity index (χ0n) is 13.6. The van der Waals surface area contributed by atoms with Gasteiger partial charge in [-0.25, -0.2) is 0 Å². The van der Waals surface area contributed by atoms with E-state index in [1.165, 1.54) is 26.2 Å². The van der Waals surface area contributed by atoms with Crippen molar-refractivity contribution in [2.45, 2.75) is 63.7 Å². The molecule has 1 N–H and O–H groups in total. The number of carbonyl (C=O) groups excluding carboxylic acids is 1. The molecule has 1 unspecified atom stereocenters. The van der Waals surface area contributed by atoms with E-state index in [0.717, 1.165) is 37.8 Å². The van der Waals surface area contributed by atoms with E-state index in [1.807, 2.05) is 0 Å². The van der Waals surface area contributed by atoms with Crippen LogP contribution in [0.25, 0.3) is 0 Å². The Labute approximate surface area is 132 Å². The summed E-state index contributed by atoms with van der Waals surface area (Å²) in [6, 6.07) is 0. The molecule has 5 fully saturated rings. The Hall–Kier alpha value is -0.610. The molecule has 122 valence electrons. The van der Waals surface area contributed by atoms with Crippen molar-refractivity contribution in [3.63, 3.8) is 0 Å². The second-order valence-electron chi connectivity index (χ2n) is 8.90. The maximum absolute atomic E-state index is 11.4. The minimum atomic E-state index is -0.197. The molecule has 3 aliphatic carbocycles. The van der Waals surface area contributed by atoms with Crippen LogP contribution in [0, 0.1) is 29.1 Å². The number of rotatable bonds is 1. The quantitative estimate of drug-likeness (QED) is 0.751. The predicted molar refractivity (Wildman–Crippen MR) is 81.0 cm³/mol. The van der Waals surface area contributed by atoms with Gasteiger partial charge in [-0.2, -0.15) is 0 Å². The second kappa shape index (κ2) is 4.07. The Morgan fingerprint density at radius 3 is 2.82 bits per heavy atom. The third-order valence-electron chi connectivity index (χ3n) is 8.07. The van der Waals surface area contributed by atoms with Crippen molar-refractivity contribution in [2.24, 2.45) is 29.1 Å². The third kappa shape index (κ3) is 1.32. The summed E-state index contributed by atoms with van der Waals surface area (Å²) in [4.78, 5) is 14.1. The van der Waals surface area contributed by atoms with Crippen molar-refractivity contribution >= 4 is 5.97 Å². The number of aliphatic hydroxyl groups excluding tert-OH is 1. The van der Waals surface area contributed by atoms with Crippen LogP contribution in [0.1, 0.15) is 46.0 Å². The molecule has 5 rings (SSSR count). The lowest BCUT2D eigenvalue weighted by Gasteiger charge is -2.65. The highest BCUT2D eigenvalue weighted by molar-refractivity contribution is 5.66. The molecule has 0 aromatic rings. The summed E-state index contributed by atoms with van der Waals surface area (Å²) >= 11 is 0. The van der Waals surface area contributed by atoms with Gasteiger partial charge >= 0.3 is 5.97 Å². The first-order valence-electron chi connectivity index (χ1n) is 9.07. The van der Waals surface area contributed by atoms with Gasteiger partial charge in [-0.1, -0.05) is 6.92 Å². The minimum Gasteiger partial charge on any atom is -0.461 e. The Morgan fingerprint density at radius 2 is 2.05 bits per heavy atom. The van der Waals surface area contributed by atoms with E-state index >= 15 is 0 Å². The fraction of sp³-hybridized carbons (Fsp3) is 0.944. The fourth-order valence-corrected chi connectivity index (χ4v) is 7.99. The standard InChI is InChI=1S/C18H27NO3/c1-10-3-12-4-16(21)17-7-14(22-11(2)20)9-19-8-13(17)5-15(12)18(17,19)6-10/h10,12-16,21H,3-9H2,1-2H3/t10-,12+,13-,14-,15-,16+,17+,18-/m0/s1. The molecule has 0 aromatic carbocycles. The molecule has 9 atom stereocenters. The topological polar surface area (TPSA) is 49.8 Å². The van der Waals surface area contributed by atoms with Crippen molar-refractivity contribution in [2.75, 3.05) is 13.1 Å². The van der Waals surface area contributed by atoms with E-state index in [1.54, 1.807) is 0 Å². The van der Waals surface area contributed by atoms with Crippen LogP contribution in [0.4, 0.5) is 0 Å². The smallest absolute Gasteiger partial charge is 0.302 e.